The Morgan fingerprint density at radius 1 is 1.39 bits per heavy atom. The third-order valence-electron chi connectivity index (χ3n) is 2.18. The van der Waals surface area contributed by atoms with Crippen LogP contribution in [0.4, 0.5) is 9.59 Å². The lowest BCUT2D eigenvalue weighted by molar-refractivity contribution is -0.109. The number of nitrogens with one attached hydrogen (secondary N) is 2. The van der Waals surface area contributed by atoms with E-state index in [4.69, 9.17) is 15.2 Å². The highest BCUT2D eigenvalue weighted by Crippen LogP contribution is 2.11. The van der Waals surface area contributed by atoms with Crippen LogP contribution in [0.25, 0.3) is 0 Å². The Kier molecular flexibility index (Phi) is 9.05. The number of carbonyl (C=O) groups is 3. The third kappa shape index (κ3) is 11.7. The van der Waals surface area contributed by atoms with Crippen molar-refractivity contribution in [3.8, 4) is 0 Å². The zero-order valence-corrected chi connectivity index (χ0v) is 13.6. The number of nitrogens with two attached hydrogens (primary N) is 1. The number of rotatable bonds is 8. The molecule has 1 unspecified atom stereocenters. The number of aldehydes is 1. The van der Waals surface area contributed by atoms with Gasteiger partial charge in [-0.05, 0) is 27.2 Å². The van der Waals surface area contributed by atoms with Crippen LogP contribution in [0, 0.1) is 0 Å². The maximum Gasteiger partial charge on any atom is 0.408 e. The van der Waals surface area contributed by atoms with Gasteiger partial charge in [0.1, 0.15) is 18.5 Å². The highest BCUT2D eigenvalue weighted by Gasteiger charge is 2.18. The van der Waals surface area contributed by atoms with Gasteiger partial charge in [0.25, 0.3) is 0 Å². The van der Waals surface area contributed by atoms with Crippen LogP contribution in [-0.2, 0) is 14.3 Å². The molecule has 0 aromatic rings. The van der Waals surface area contributed by atoms with Crippen molar-refractivity contribution in [1.82, 2.24) is 10.7 Å². The molecule has 0 aliphatic heterocycles. The molecule has 0 bridgehead atoms. The van der Waals surface area contributed by atoms with Crippen LogP contribution in [0.3, 0.4) is 0 Å². The molecule has 0 saturated heterocycles. The topological polar surface area (TPSA) is 132 Å². The van der Waals surface area contributed by atoms with Crippen molar-refractivity contribution in [3.05, 3.63) is 12.7 Å². The van der Waals surface area contributed by atoms with Crippen LogP contribution < -0.4 is 16.5 Å². The number of nitrogens with zero attached hydrogens (tertiary/aromatic N) is 1. The molecule has 9 nitrogen and oxygen atoms in total. The van der Waals surface area contributed by atoms with Crippen LogP contribution in [0.2, 0.25) is 0 Å². The van der Waals surface area contributed by atoms with Crippen molar-refractivity contribution in [2.45, 2.75) is 45.3 Å². The third-order valence-corrected chi connectivity index (χ3v) is 2.18. The van der Waals surface area contributed by atoms with E-state index in [9.17, 15) is 14.4 Å². The molecule has 130 valence electrons. The summed E-state index contributed by atoms with van der Waals surface area (Å²) in [4.78, 5) is 33.1. The summed E-state index contributed by atoms with van der Waals surface area (Å²) in [6.07, 6.45) is 1.66. The van der Waals surface area contributed by atoms with Gasteiger partial charge in [0, 0.05) is 6.42 Å². The molecule has 4 N–H and O–H groups in total. The minimum atomic E-state index is -0.835. The first-order chi connectivity index (χ1) is 10.7. The fraction of sp³-hybridized carbons (Fsp3) is 0.571. The molecule has 0 heterocycles. The largest absolute Gasteiger partial charge is 0.474 e. The fourth-order valence-corrected chi connectivity index (χ4v) is 1.38. The molecule has 23 heavy (non-hydrogen) atoms. The van der Waals surface area contributed by atoms with E-state index in [2.05, 4.69) is 22.4 Å². The highest BCUT2D eigenvalue weighted by molar-refractivity contribution is 5.80. The summed E-state index contributed by atoms with van der Waals surface area (Å²) >= 11 is 0. The number of urea groups is 1. The number of ether oxygens (including phenoxy) is 2. The smallest absolute Gasteiger partial charge is 0.408 e. The maximum atomic E-state index is 11.4. The van der Waals surface area contributed by atoms with Gasteiger partial charge in [0.05, 0.1) is 6.04 Å². The lowest BCUT2D eigenvalue weighted by Crippen LogP contribution is -2.37. The van der Waals surface area contributed by atoms with Crippen LogP contribution >= 0.6 is 0 Å². The van der Waals surface area contributed by atoms with E-state index in [-0.39, 0.29) is 25.3 Å². The summed E-state index contributed by atoms with van der Waals surface area (Å²) in [5, 5.41) is 6.13. The lowest BCUT2D eigenvalue weighted by Gasteiger charge is -2.23. The number of alkyl carbamates (subject to hydrolysis) is 1. The van der Waals surface area contributed by atoms with Crippen molar-refractivity contribution in [2.75, 3.05) is 6.61 Å². The number of hydrogen-bond acceptors (Lipinski definition) is 6. The summed E-state index contributed by atoms with van der Waals surface area (Å²) in [6.45, 7) is 8.85. The van der Waals surface area contributed by atoms with Gasteiger partial charge >= 0.3 is 12.1 Å². The van der Waals surface area contributed by atoms with E-state index in [0.717, 1.165) is 0 Å². The quantitative estimate of drug-likeness (QED) is 0.201. The molecule has 1 atom stereocenters. The van der Waals surface area contributed by atoms with E-state index in [1.807, 2.05) is 0 Å². The number of primary amides is 1. The predicted molar refractivity (Wildman–Crippen MR) is 84.8 cm³/mol. The number of amides is 3. The Labute approximate surface area is 135 Å². The number of hydrazone groups is 1. The first-order valence-electron chi connectivity index (χ1n) is 6.98. The summed E-state index contributed by atoms with van der Waals surface area (Å²) < 4.78 is 10.3. The van der Waals surface area contributed by atoms with Gasteiger partial charge in [-0.2, -0.15) is 0 Å². The van der Waals surface area contributed by atoms with Crippen molar-refractivity contribution in [1.29, 1.82) is 0 Å². The Morgan fingerprint density at radius 3 is 2.52 bits per heavy atom. The first-order valence-corrected chi connectivity index (χ1v) is 6.98. The molecular formula is C14H24N4O5. The molecule has 0 rings (SSSR count). The number of hydrogen-bond donors (Lipinski definition) is 3. The second-order valence-electron chi connectivity index (χ2n) is 5.51. The fourth-order valence-electron chi connectivity index (χ4n) is 1.38. The molecule has 0 fully saturated rings. The standard InChI is InChI=1S/C14H24N4O5/c1-5-8-22-13(21)16-10(9-19)6-7-11(17-18-12(15)20)23-14(2,3)4/h5,9-10H,1,6-8H2,2-4H3,(H,16,21)(H3,15,18,20). The maximum absolute atomic E-state index is 11.4. The van der Waals surface area contributed by atoms with Crippen molar-refractivity contribution in [3.63, 3.8) is 0 Å². The van der Waals surface area contributed by atoms with Crippen LogP contribution in [0.5, 0.6) is 0 Å². The Hall–Kier alpha value is -2.58. The zero-order valence-electron chi connectivity index (χ0n) is 13.6. The van der Waals surface area contributed by atoms with E-state index < -0.39 is 23.8 Å². The van der Waals surface area contributed by atoms with Gasteiger partial charge in [-0.3, -0.25) is 0 Å². The Balaban J connectivity index is 4.63. The van der Waals surface area contributed by atoms with Gasteiger partial charge in [0.15, 0.2) is 0 Å². The molecule has 0 aromatic heterocycles. The molecule has 0 spiro atoms. The van der Waals surface area contributed by atoms with Gasteiger partial charge in [-0.15, -0.1) is 5.10 Å². The van der Waals surface area contributed by atoms with E-state index in [1.165, 1.54) is 6.08 Å². The first kappa shape index (κ1) is 20.4. The average molecular weight is 328 g/mol. The second kappa shape index (κ2) is 10.2. The Bertz CT molecular complexity index is 457. The lowest BCUT2D eigenvalue weighted by atomic mass is 10.1. The van der Waals surface area contributed by atoms with Gasteiger partial charge < -0.3 is 25.3 Å². The van der Waals surface area contributed by atoms with Gasteiger partial charge in [-0.25, -0.2) is 15.0 Å². The van der Waals surface area contributed by atoms with Crippen LogP contribution in [0.1, 0.15) is 33.6 Å². The Morgan fingerprint density at radius 2 is 2.04 bits per heavy atom. The zero-order chi connectivity index (χ0) is 17.9. The highest BCUT2D eigenvalue weighted by atomic mass is 16.5. The van der Waals surface area contributed by atoms with Crippen molar-refractivity contribution in [2.24, 2.45) is 10.8 Å². The minimum Gasteiger partial charge on any atom is -0.474 e. The molecule has 0 radical (unpaired) electrons. The van der Waals surface area contributed by atoms with Gasteiger partial charge in [0.2, 0.25) is 5.90 Å². The van der Waals surface area contributed by atoms with Crippen molar-refractivity contribution < 1.29 is 23.9 Å². The SMILES string of the molecule is C=CCOC(=O)NC(C=O)CCC(=NNC(N)=O)OC(C)(C)C. The predicted octanol–water partition coefficient (Wildman–Crippen LogP) is 1.04. The van der Waals surface area contributed by atoms with E-state index in [0.29, 0.717) is 6.29 Å². The van der Waals surface area contributed by atoms with Crippen molar-refractivity contribution >= 4 is 24.3 Å². The summed E-state index contributed by atoms with van der Waals surface area (Å²) in [6, 6.07) is -1.62. The molecule has 0 saturated carbocycles. The van der Waals surface area contributed by atoms with E-state index in [1.54, 1.807) is 20.8 Å². The molecular weight excluding hydrogens is 304 g/mol. The van der Waals surface area contributed by atoms with Gasteiger partial charge in [-0.1, -0.05) is 12.7 Å². The average Bonchev–Trinajstić information content (AvgIpc) is 2.44. The summed E-state index contributed by atoms with van der Waals surface area (Å²) in [5.41, 5.74) is 6.47. The summed E-state index contributed by atoms with van der Waals surface area (Å²) in [7, 11) is 0. The molecule has 9 heteroatoms. The normalized spacial score (nSPS) is 12.7. The minimum absolute atomic E-state index is 0.0415. The molecule has 0 aliphatic carbocycles. The second-order valence-corrected chi connectivity index (χ2v) is 5.51. The van der Waals surface area contributed by atoms with Crippen LogP contribution in [-0.4, -0.2) is 42.6 Å². The number of carbonyl (C=O) groups excluding carboxylic acids is 3. The molecule has 3 amide bonds. The van der Waals surface area contributed by atoms with Crippen LogP contribution in [0.15, 0.2) is 17.8 Å². The van der Waals surface area contributed by atoms with E-state index >= 15 is 0 Å². The monoisotopic (exact) mass is 328 g/mol. The molecule has 0 aliphatic rings. The summed E-state index contributed by atoms with van der Waals surface area (Å²) in [5.74, 6) is 0.185. The molecule has 0 aromatic carbocycles.